The number of rotatable bonds is 6. The summed E-state index contributed by atoms with van der Waals surface area (Å²) in [5.74, 6) is 0.619. The Hall–Kier alpha value is -3.36. The van der Waals surface area contributed by atoms with Crippen molar-refractivity contribution in [2.75, 3.05) is 11.9 Å². The molecule has 2 amide bonds. The first-order valence-electron chi connectivity index (χ1n) is 9.51. The van der Waals surface area contributed by atoms with Crippen LogP contribution in [0.4, 0.5) is 23.7 Å². The van der Waals surface area contributed by atoms with E-state index < -0.39 is 18.8 Å². The fourth-order valence-corrected chi connectivity index (χ4v) is 3.18. The fraction of sp³-hybridized carbons (Fsp3) is 0.286. The molecule has 0 bridgehead atoms. The highest BCUT2D eigenvalue weighted by atomic mass is 19.4. The van der Waals surface area contributed by atoms with Gasteiger partial charge in [-0.1, -0.05) is 12.1 Å². The van der Waals surface area contributed by atoms with Gasteiger partial charge in [0.1, 0.15) is 12.2 Å². The van der Waals surface area contributed by atoms with E-state index in [1.54, 1.807) is 54.1 Å². The van der Waals surface area contributed by atoms with E-state index in [0.29, 0.717) is 34.8 Å². The minimum absolute atomic E-state index is 0.112. The number of hydrogen-bond donors (Lipinski definition) is 2. The van der Waals surface area contributed by atoms with Crippen molar-refractivity contribution >= 4 is 23.1 Å². The molecular formula is C21H19F3N4O2. The van der Waals surface area contributed by atoms with Gasteiger partial charge in [0.25, 0.3) is 0 Å². The topological polar surface area (TPSA) is 75.5 Å². The Balaban J connectivity index is 1.51. The summed E-state index contributed by atoms with van der Waals surface area (Å²) in [7, 11) is 0. The number of fused-ring (bicyclic) bond motifs is 1. The van der Waals surface area contributed by atoms with Gasteiger partial charge in [-0.15, -0.1) is 0 Å². The summed E-state index contributed by atoms with van der Waals surface area (Å²) in [4.78, 5) is 28.4. The van der Waals surface area contributed by atoms with Crippen LogP contribution in [0.5, 0.6) is 0 Å². The molecule has 0 saturated heterocycles. The molecule has 2 heterocycles. The van der Waals surface area contributed by atoms with E-state index in [-0.39, 0.29) is 5.78 Å². The zero-order valence-electron chi connectivity index (χ0n) is 15.9. The number of nitrogens with zero attached hydrogens (tertiary/aromatic N) is 2. The van der Waals surface area contributed by atoms with E-state index in [4.69, 9.17) is 0 Å². The molecule has 1 fully saturated rings. The molecule has 30 heavy (non-hydrogen) atoms. The quantitative estimate of drug-likeness (QED) is 0.574. The molecule has 3 aromatic rings. The molecule has 156 valence electrons. The number of Topliss-reactive ketones (excluding diaryl/α,β-unsaturated/α-hetero) is 1. The number of amides is 2. The number of carbonyl (C=O) groups excluding carboxylic acids is 2. The van der Waals surface area contributed by atoms with Crippen molar-refractivity contribution < 1.29 is 22.8 Å². The number of carbonyl (C=O) groups is 2. The molecule has 0 atom stereocenters. The van der Waals surface area contributed by atoms with Gasteiger partial charge in [0, 0.05) is 29.4 Å². The first-order valence-corrected chi connectivity index (χ1v) is 9.51. The normalized spacial score (nSPS) is 14.0. The number of alkyl halides is 3. The number of anilines is 1. The molecule has 9 heteroatoms. The molecule has 1 aliphatic carbocycles. The summed E-state index contributed by atoms with van der Waals surface area (Å²) in [5.41, 5.74) is 3.04. The third kappa shape index (κ3) is 4.79. The van der Waals surface area contributed by atoms with Crippen molar-refractivity contribution in [3.63, 3.8) is 0 Å². The smallest absolute Gasteiger partial charge is 0.329 e. The molecule has 1 aliphatic rings. The molecule has 0 aliphatic heterocycles. The van der Waals surface area contributed by atoms with Crippen LogP contribution < -0.4 is 10.6 Å². The average Bonchev–Trinajstić information content (AvgIpc) is 3.41. The van der Waals surface area contributed by atoms with Gasteiger partial charge in [0.2, 0.25) is 0 Å². The maximum atomic E-state index is 12.3. The van der Waals surface area contributed by atoms with Gasteiger partial charge in [0.15, 0.2) is 5.78 Å². The molecule has 2 aromatic heterocycles. The van der Waals surface area contributed by atoms with Crippen molar-refractivity contribution in [2.24, 2.45) is 5.92 Å². The van der Waals surface area contributed by atoms with Crippen LogP contribution in [0.15, 0.2) is 48.8 Å². The molecule has 0 unspecified atom stereocenters. The Labute approximate surface area is 170 Å². The van der Waals surface area contributed by atoms with Gasteiger partial charge < -0.3 is 10.6 Å². The summed E-state index contributed by atoms with van der Waals surface area (Å²) < 4.78 is 38.5. The monoisotopic (exact) mass is 416 g/mol. The number of aromatic nitrogens is 2. The highest BCUT2D eigenvalue weighted by molar-refractivity contribution is 5.97. The van der Waals surface area contributed by atoms with Crippen LogP contribution in [-0.4, -0.2) is 33.9 Å². The SMILES string of the molecule is O=C(NCC(F)(F)F)Nc1cccc(-c2cnc3cc(C(=O)CC4CC4)ccn23)c1. The minimum atomic E-state index is -4.48. The van der Waals surface area contributed by atoms with E-state index in [2.05, 4.69) is 10.3 Å². The minimum Gasteiger partial charge on any atom is -0.329 e. The second-order valence-electron chi connectivity index (χ2n) is 7.36. The van der Waals surface area contributed by atoms with Crippen LogP contribution in [-0.2, 0) is 0 Å². The summed E-state index contributed by atoms with van der Waals surface area (Å²) in [5, 5.41) is 4.15. The van der Waals surface area contributed by atoms with Crippen LogP contribution in [0.3, 0.4) is 0 Å². The Bertz CT molecular complexity index is 1100. The van der Waals surface area contributed by atoms with Crippen LogP contribution >= 0.6 is 0 Å². The highest BCUT2D eigenvalue weighted by Gasteiger charge is 2.27. The average molecular weight is 416 g/mol. The lowest BCUT2D eigenvalue weighted by Gasteiger charge is -2.11. The first-order chi connectivity index (χ1) is 14.3. The number of halogens is 3. The number of ketones is 1. The van der Waals surface area contributed by atoms with Gasteiger partial charge in [0.05, 0.1) is 11.9 Å². The maximum absolute atomic E-state index is 12.3. The number of imidazole rings is 1. The lowest BCUT2D eigenvalue weighted by molar-refractivity contribution is -0.122. The molecular weight excluding hydrogens is 397 g/mol. The third-order valence-electron chi connectivity index (χ3n) is 4.87. The summed E-state index contributed by atoms with van der Waals surface area (Å²) in [6.45, 7) is -1.41. The maximum Gasteiger partial charge on any atom is 0.405 e. The van der Waals surface area contributed by atoms with Crippen molar-refractivity contribution in [2.45, 2.75) is 25.4 Å². The van der Waals surface area contributed by atoms with Crippen LogP contribution in [0, 0.1) is 5.92 Å². The molecule has 2 N–H and O–H groups in total. The summed E-state index contributed by atoms with van der Waals surface area (Å²) in [6.07, 6.45) is 1.73. The predicted molar refractivity (Wildman–Crippen MR) is 105 cm³/mol. The van der Waals surface area contributed by atoms with Gasteiger partial charge in [-0.25, -0.2) is 9.78 Å². The number of urea groups is 1. The van der Waals surface area contributed by atoms with E-state index >= 15 is 0 Å². The van der Waals surface area contributed by atoms with E-state index in [9.17, 15) is 22.8 Å². The van der Waals surface area contributed by atoms with Gasteiger partial charge in [-0.3, -0.25) is 9.20 Å². The van der Waals surface area contributed by atoms with E-state index in [0.717, 1.165) is 18.5 Å². The number of nitrogens with one attached hydrogen (secondary N) is 2. The second kappa shape index (κ2) is 7.81. The number of benzene rings is 1. The molecule has 1 aromatic carbocycles. The molecule has 4 rings (SSSR count). The Morgan fingerprint density at radius 1 is 1.17 bits per heavy atom. The summed E-state index contributed by atoms with van der Waals surface area (Å²) >= 11 is 0. The van der Waals surface area contributed by atoms with Crippen molar-refractivity contribution in [3.8, 4) is 11.3 Å². The predicted octanol–water partition coefficient (Wildman–Crippen LogP) is 4.67. The van der Waals surface area contributed by atoms with Gasteiger partial charge in [-0.2, -0.15) is 13.2 Å². The lowest BCUT2D eigenvalue weighted by Crippen LogP contribution is -2.36. The third-order valence-corrected chi connectivity index (χ3v) is 4.87. The Morgan fingerprint density at radius 3 is 2.70 bits per heavy atom. The van der Waals surface area contributed by atoms with Crippen molar-refractivity contribution in [3.05, 3.63) is 54.4 Å². The molecule has 1 saturated carbocycles. The van der Waals surface area contributed by atoms with Crippen LogP contribution in [0.2, 0.25) is 0 Å². The number of hydrogen-bond acceptors (Lipinski definition) is 3. The molecule has 0 radical (unpaired) electrons. The largest absolute Gasteiger partial charge is 0.405 e. The molecule has 6 nitrogen and oxygen atoms in total. The van der Waals surface area contributed by atoms with E-state index in [1.807, 2.05) is 4.40 Å². The Kier molecular flexibility index (Phi) is 5.19. The zero-order chi connectivity index (χ0) is 21.3. The summed E-state index contributed by atoms with van der Waals surface area (Å²) in [6, 6.07) is 9.27. The second-order valence-corrected chi connectivity index (χ2v) is 7.36. The lowest BCUT2D eigenvalue weighted by atomic mass is 10.1. The first kappa shape index (κ1) is 19.9. The Morgan fingerprint density at radius 2 is 1.97 bits per heavy atom. The van der Waals surface area contributed by atoms with Crippen LogP contribution in [0.1, 0.15) is 29.6 Å². The standard InChI is InChI=1S/C21H19F3N4O2/c22-21(23,24)12-26-20(30)27-16-3-1-2-14(9-16)17-11-25-19-10-15(6-7-28(17)19)18(29)8-13-4-5-13/h1-3,6-7,9-11,13H,4-5,8,12H2,(H2,26,27,30). The van der Waals surface area contributed by atoms with E-state index in [1.165, 1.54) is 0 Å². The van der Waals surface area contributed by atoms with Gasteiger partial charge >= 0.3 is 12.2 Å². The van der Waals surface area contributed by atoms with Gasteiger partial charge in [-0.05, 0) is 43.0 Å². The fourth-order valence-electron chi connectivity index (χ4n) is 3.18. The molecule has 0 spiro atoms. The van der Waals surface area contributed by atoms with Crippen molar-refractivity contribution in [1.82, 2.24) is 14.7 Å². The van der Waals surface area contributed by atoms with Crippen molar-refractivity contribution in [1.29, 1.82) is 0 Å². The zero-order valence-corrected chi connectivity index (χ0v) is 15.9. The van der Waals surface area contributed by atoms with Crippen LogP contribution in [0.25, 0.3) is 16.9 Å². The highest BCUT2D eigenvalue weighted by Crippen LogP contribution is 2.33. The number of pyridine rings is 1.